The highest BCUT2D eigenvalue weighted by Gasteiger charge is 2.60. The lowest BCUT2D eigenvalue weighted by Crippen LogP contribution is -2.40. The van der Waals surface area contributed by atoms with E-state index in [-0.39, 0.29) is 0 Å². The smallest absolute Gasteiger partial charge is 0.00181 e. The van der Waals surface area contributed by atoms with E-state index in [1.54, 1.807) is 5.56 Å². The normalized spacial score (nSPS) is 41.5. The molecule has 0 aliphatic heterocycles. The van der Waals surface area contributed by atoms with E-state index in [4.69, 9.17) is 0 Å². The van der Waals surface area contributed by atoms with Crippen molar-refractivity contribution < 1.29 is 0 Å². The minimum Gasteiger partial charge on any atom is -0.0847 e. The molecular weight excluding hydrogens is 468 g/mol. The number of hydrogen-bond acceptors (Lipinski definition) is 0. The highest BCUT2D eigenvalue weighted by molar-refractivity contribution is 5.83. The van der Waals surface area contributed by atoms with Gasteiger partial charge in [0.25, 0.3) is 0 Å². The predicted octanol–water partition coefficient (Wildman–Crippen LogP) is 11.0. The fourth-order valence-electron chi connectivity index (χ4n) is 12.5. The molecule has 0 amide bonds. The first kappa shape index (κ1) is 25.2. The van der Waals surface area contributed by atoms with Crippen LogP contribution in [0.2, 0.25) is 0 Å². The Balaban J connectivity index is 1.18. The molecule has 6 fully saturated rings. The minimum absolute atomic E-state index is 0.411. The number of allylic oxidation sites excluding steroid dienone is 2. The van der Waals surface area contributed by atoms with Crippen LogP contribution in [0.1, 0.15) is 121 Å². The molecule has 2 aromatic rings. The van der Waals surface area contributed by atoms with Gasteiger partial charge < -0.3 is 0 Å². The predicted molar refractivity (Wildman–Crippen MR) is 165 cm³/mol. The van der Waals surface area contributed by atoms with Crippen molar-refractivity contribution in [3.8, 4) is 0 Å². The van der Waals surface area contributed by atoms with Crippen LogP contribution in [-0.2, 0) is 5.41 Å². The highest BCUT2D eigenvalue weighted by atomic mass is 14.6. The highest BCUT2D eigenvalue weighted by Crippen LogP contribution is 2.66. The van der Waals surface area contributed by atoms with Crippen molar-refractivity contribution in [3.05, 3.63) is 59.7 Å². The number of hydrogen-bond donors (Lipinski definition) is 0. The molecule has 0 heteroatoms. The third kappa shape index (κ3) is 4.04. The zero-order chi connectivity index (χ0) is 25.8. The van der Waals surface area contributed by atoms with Gasteiger partial charge in [0, 0.05) is 5.41 Å². The molecule has 0 saturated heterocycles. The van der Waals surface area contributed by atoms with Crippen LogP contribution in [0.25, 0.3) is 10.8 Å². The van der Waals surface area contributed by atoms with Gasteiger partial charge in [0.1, 0.15) is 0 Å². The Bertz CT molecular complexity index is 1160. The van der Waals surface area contributed by atoms with Crippen LogP contribution in [0.4, 0.5) is 0 Å². The lowest BCUT2D eigenvalue weighted by molar-refractivity contribution is 0.158. The summed E-state index contributed by atoms with van der Waals surface area (Å²) in [5.41, 5.74) is 4.13. The second-order valence-corrected chi connectivity index (χ2v) is 15.1. The topological polar surface area (TPSA) is 0 Å². The SMILES string of the molecule is C(CCC1(c2ccc3ccccc3c2)C2CCCCC2C2CCCCC21)=C1C2CCCCC2C2CCCCC12. The van der Waals surface area contributed by atoms with E-state index in [1.165, 1.54) is 126 Å². The maximum atomic E-state index is 2.91. The lowest BCUT2D eigenvalue weighted by atomic mass is 9.59. The molecule has 39 heavy (non-hydrogen) atoms. The maximum absolute atomic E-state index is 2.91. The second kappa shape index (κ2) is 10.4. The standard InChI is InChI=1S/C39H52/c1-2-13-28-26-29(24-23-27(28)12-1)39(37-21-9-7-18-35(37)36-19-8-10-22-38(36)39)25-11-20-34-32-16-5-3-14-30(32)31-15-4-6-17-33(31)34/h1-2,12-13,20,23-24,26,30-33,35-38H,3-11,14-19,21-22,25H2. The number of benzene rings is 2. The molecule has 6 aliphatic rings. The summed E-state index contributed by atoms with van der Waals surface area (Å²) in [6, 6.07) is 16.9. The molecular formula is C39H52. The van der Waals surface area contributed by atoms with Gasteiger partial charge in [0.05, 0.1) is 0 Å². The summed E-state index contributed by atoms with van der Waals surface area (Å²) >= 11 is 0. The molecule has 0 radical (unpaired) electrons. The van der Waals surface area contributed by atoms with Gasteiger partial charge in [0.15, 0.2) is 0 Å². The Kier molecular flexibility index (Phi) is 6.69. The Morgan fingerprint density at radius 3 is 1.74 bits per heavy atom. The van der Waals surface area contributed by atoms with Crippen molar-refractivity contribution in [2.45, 2.75) is 121 Å². The summed E-state index contributed by atoms with van der Waals surface area (Å²) < 4.78 is 0. The second-order valence-electron chi connectivity index (χ2n) is 15.1. The van der Waals surface area contributed by atoms with Crippen molar-refractivity contribution in [2.24, 2.45) is 47.3 Å². The average Bonchev–Trinajstić information content (AvgIpc) is 3.48. The van der Waals surface area contributed by atoms with Gasteiger partial charge in [-0.2, -0.15) is 0 Å². The fraction of sp³-hybridized carbons (Fsp3) is 0.692. The zero-order valence-electron chi connectivity index (χ0n) is 24.5. The summed E-state index contributed by atoms with van der Waals surface area (Å²) in [6.07, 6.45) is 29.8. The van der Waals surface area contributed by atoms with E-state index in [2.05, 4.69) is 48.5 Å². The quantitative estimate of drug-likeness (QED) is 0.352. The molecule has 208 valence electrons. The molecule has 0 bridgehead atoms. The van der Waals surface area contributed by atoms with Crippen LogP contribution in [0.5, 0.6) is 0 Å². The lowest BCUT2D eigenvalue weighted by Gasteiger charge is -2.45. The first-order valence-electron chi connectivity index (χ1n) is 17.5. The maximum Gasteiger partial charge on any atom is 0.00181 e. The van der Waals surface area contributed by atoms with Crippen LogP contribution in [0.15, 0.2) is 54.1 Å². The molecule has 0 nitrogen and oxygen atoms in total. The number of fused-ring (bicyclic) bond motifs is 7. The molecule has 0 spiro atoms. The van der Waals surface area contributed by atoms with Gasteiger partial charge in [-0.3, -0.25) is 0 Å². The average molecular weight is 521 g/mol. The van der Waals surface area contributed by atoms with E-state index in [0.29, 0.717) is 5.41 Å². The van der Waals surface area contributed by atoms with Gasteiger partial charge >= 0.3 is 0 Å². The van der Waals surface area contributed by atoms with Crippen molar-refractivity contribution >= 4 is 10.8 Å². The van der Waals surface area contributed by atoms with Crippen LogP contribution in [0, 0.1) is 47.3 Å². The van der Waals surface area contributed by atoms with Crippen molar-refractivity contribution in [1.29, 1.82) is 0 Å². The monoisotopic (exact) mass is 520 g/mol. The van der Waals surface area contributed by atoms with Gasteiger partial charge in [-0.15, -0.1) is 0 Å². The summed E-state index contributed by atoms with van der Waals surface area (Å²) in [7, 11) is 0. The zero-order valence-corrected chi connectivity index (χ0v) is 24.5. The Hall–Kier alpha value is -1.56. The molecule has 6 aliphatic carbocycles. The molecule has 0 heterocycles. The molecule has 8 unspecified atom stereocenters. The Morgan fingerprint density at radius 1 is 0.564 bits per heavy atom. The fourth-order valence-corrected chi connectivity index (χ4v) is 12.5. The van der Waals surface area contributed by atoms with Crippen LogP contribution < -0.4 is 0 Å². The van der Waals surface area contributed by atoms with Crippen LogP contribution >= 0.6 is 0 Å². The van der Waals surface area contributed by atoms with E-state index >= 15 is 0 Å². The van der Waals surface area contributed by atoms with Gasteiger partial charge in [-0.05, 0) is 128 Å². The van der Waals surface area contributed by atoms with Gasteiger partial charge in [-0.25, -0.2) is 0 Å². The van der Waals surface area contributed by atoms with Crippen molar-refractivity contribution in [3.63, 3.8) is 0 Å². The molecule has 8 rings (SSSR count). The molecule has 2 aromatic carbocycles. The first-order valence-corrected chi connectivity index (χ1v) is 17.5. The van der Waals surface area contributed by atoms with Crippen LogP contribution in [0.3, 0.4) is 0 Å². The summed E-state index contributed by atoms with van der Waals surface area (Å²) in [5, 5.41) is 2.90. The molecule has 8 atom stereocenters. The van der Waals surface area contributed by atoms with Crippen molar-refractivity contribution in [2.75, 3.05) is 0 Å². The van der Waals surface area contributed by atoms with Gasteiger partial charge in [0.2, 0.25) is 0 Å². The van der Waals surface area contributed by atoms with E-state index in [9.17, 15) is 0 Å². The van der Waals surface area contributed by atoms with Crippen molar-refractivity contribution in [1.82, 2.24) is 0 Å². The summed E-state index contributed by atoms with van der Waals surface area (Å²) in [5.74, 6) is 7.84. The summed E-state index contributed by atoms with van der Waals surface area (Å²) in [4.78, 5) is 0. The minimum atomic E-state index is 0.411. The van der Waals surface area contributed by atoms with E-state index in [0.717, 1.165) is 47.3 Å². The van der Waals surface area contributed by atoms with Gasteiger partial charge in [-0.1, -0.05) is 105 Å². The Morgan fingerprint density at radius 2 is 1.10 bits per heavy atom. The summed E-state index contributed by atoms with van der Waals surface area (Å²) in [6.45, 7) is 0. The molecule has 6 saturated carbocycles. The van der Waals surface area contributed by atoms with E-state index in [1.807, 2.05) is 5.57 Å². The number of rotatable bonds is 4. The third-order valence-electron chi connectivity index (χ3n) is 13.8. The first-order chi connectivity index (χ1) is 19.3. The van der Waals surface area contributed by atoms with Crippen LogP contribution in [-0.4, -0.2) is 0 Å². The Labute approximate surface area is 238 Å². The van der Waals surface area contributed by atoms with E-state index < -0.39 is 0 Å². The molecule has 0 aromatic heterocycles. The molecule has 0 N–H and O–H groups in total. The third-order valence-corrected chi connectivity index (χ3v) is 13.8. The largest absolute Gasteiger partial charge is 0.0847 e.